The molecule has 0 saturated heterocycles. The number of aromatic amines is 2. The van der Waals surface area contributed by atoms with E-state index in [1.54, 1.807) is 28.7 Å². The minimum absolute atomic E-state index is 0. The van der Waals surface area contributed by atoms with Gasteiger partial charge in [0, 0.05) is 45.3 Å². The quantitative estimate of drug-likeness (QED) is 0.111. The fourth-order valence-corrected chi connectivity index (χ4v) is 21.2. The third-order valence-corrected chi connectivity index (χ3v) is 26.9. The molecule has 11 heteroatoms. The Labute approximate surface area is 735 Å². The Morgan fingerprint density at radius 3 is 1.34 bits per heavy atom. The van der Waals surface area contributed by atoms with E-state index in [4.69, 9.17) is 15.0 Å². The molecule has 4 aromatic heterocycles. The van der Waals surface area contributed by atoms with Crippen molar-refractivity contribution in [3.05, 3.63) is 481 Å². The van der Waals surface area contributed by atoms with Gasteiger partial charge in [0.25, 0.3) is 5.01 Å². The summed E-state index contributed by atoms with van der Waals surface area (Å²) in [5.74, 6) is 2.06. The summed E-state index contributed by atoms with van der Waals surface area (Å²) in [7, 11) is 0. The minimum Gasteiger partial charge on any atom is -0.872 e. The molecule has 0 fully saturated rings. The third-order valence-electron chi connectivity index (χ3n) is 24.7. The fourth-order valence-electron chi connectivity index (χ4n) is 19.2. The molecule has 584 valence electrons. The van der Waals surface area contributed by atoms with Gasteiger partial charge >= 0.3 is 10.1 Å². The first-order valence-electron chi connectivity index (χ1n) is 41.6. The van der Waals surface area contributed by atoms with Crippen LogP contribution in [-0.4, -0.2) is 29.6 Å². The number of fused-ring (bicyclic) bond motifs is 20. The number of nitrogens with zero attached hydrogens (tertiary/aromatic N) is 5. The summed E-state index contributed by atoms with van der Waals surface area (Å²) in [4.78, 5) is 21.9. The number of hydrogen-bond donors (Lipinski definition) is 0. The average Bonchev–Trinajstić information content (AvgIpc) is 1.50. The second-order valence-electron chi connectivity index (χ2n) is 31.8. The predicted octanol–water partition coefficient (Wildman–Crippen LogP) is 26.5. The van der Waals surface area contributed by atoms with E-state index in [0.29, 0.717) is 23.0 Å². The van der Waals surface area contributed by atoms with Gasteiger partial charge in [-0.25, -0.2) is 19.9 Å². The summed E-state index contributed by atoms with van der Waals surface area (Å²) < 4.78 is 4.80. The molecule has 3 aliphatic rings. The summed E-state index contributed by atoms with van der Waals surface area (Å²) in [6, 6.07) is 147. The molecule has 2 N–H and O–H groups in total. The predicted molar refractivity (Wildman–Crippen MR) is 512 cm³/mol. The van der Waals surface area contributed by atoms with E-state index in [-0.39, 0.29) is 15.9 Å². The Morgan fingerprint density at radius 1 is 0.336 bits per heavy atom. The number of aryl methyl sites for hydroxylation is 1. The van der Waals surface area contributed by atoms with Crippen molar-refractivity contribution in [3.63, 3.8) is 0 Å². The first-order valence-corrected chi connectivity index (χ1v) is 43.3. The standard InChI is InChI=1S/C40H25N3.C39H26N2.C18H12NS.C17H11NOS.Be/c1-3-13-26(14-4-1)37-41-38(27-15-5-2-6-16-27)43-39(42-37)28-23-24-32-31-19-9-12-22-35(31)40(36(32)25-28)33-20-10-7-17-29(33)30-18-8-11-21-34(30)40;1-26-15-18-28(19-16-26)39(35-13-7-5-11-31(35)33-23-27(25-40)17-21-36(33)39)29-20-22-38-34(24-29)32-12-6-8-14-37(32)41(38)30-9-3-2-4-10-30;1-12-10-13-6-2-3-7-14(13)11-15(12)18-19-16-8-4-5-9-17(16)20-18;19-15-10-12-6-2-1-5-11(12)9-13(15)17-18-14-7-3-4-8-16(14)20-17;/h1-25H;2-24H,1H3;2-11H,1H2;1-10,19H;/q;;-1;;+2/p+1. The molecule has 18 aromatic carbocycles. The van der Waals surface area contributed by atoms with Crippen molar-refractivity contribution in [1.82, 2.24) is 19.5 Å². The second kappa shape index (κ2) is 31.8. The van der Waals surface area contributed by atoms with E-state index in [0.717, 1.165) is 65.1 Å². The van der Waals surface area contributed by atoms with Gasteiger partial charge in [-0.2, -0.15) is 28.8 Å². The van der Waals surface area contributed by atoms with Gasteiger partial charge in [0.1, 0.15) is 9.40 Å². The van der Waals surface area contributed by atoms with Crippen molar-refractivity contribution in [2.24, 2.45) is 0 Å². The smallest absolute Gasteiger partial charge is 0.872 e. The van der Waals surface area contributed by atoms with Crippen molar-refractivity contribution >= 4 is 96.6 Å². The van der Waals surface area contributed by atoms with Crippen LogP contribution in [0.2, 0.25) is 0 Å². The van der Waals surface area contributed by atoms with Crippen LogP contribution >= 0.6 is 22.7 Å². The van der Waals surface area contributed by atoms with Gasteiger partial charge in [0.05, 0.1) is 39.1 Å². The van der Waals surface area contributed by atoms with E-state index in [9.17, 15) is 10.4 Å². The number of para-hydroxylation sites is 4. The molecule has 0 radical (unpaired) electrons. The first kappa shape index (κ1) is 76.8. The van der Waals surface area contributed by atoms with Gasteiger partial charge in [0.2, 0.25) is 16.0 Å². The molecule has 0 aliphatic heterocycles. The molecular formula is C114H75BeN7OS2+2. The number of nitrogens with one attached hydrogen (secondary N) is 2. The number of rotatable bonds is 8. The second-order valence-corrected chi connectivity index (χ2v) is 33.9. The molecule has 22 aromatic rings. The molecule has 3 aliphatic carbocycles. The van der Waals surface area contributed by atoms with Crippen molar-refractivity contribution in [3.8, 4) is 106 Å². The number of H-pyrrole nitrogens is 2. The van der Waals surface area contributed by atoms with E-state index in [1.807, 2.05) is 91.0 Å². The topological polar surface area (TPSA) is 119 Å². The van der Waals surface area contributed by atoms with E-state index in [1.165, 1.54) is 131 Å². The van der Waals surface area contributed by atoms with Crippen LogP contribution in [0.4, 0.5) is 0 Å². The van der Waals surface area contributed by atoms with Gasteiger partial charge in [0.15, 0.2) is 17.5 Å². The van der Waals surface area contributed by atoms with Gasteiger partial charge in [-0.05, 0) is 173 Å². The number of nitriles is 1. The van der Waals surface area contributed by atoms with Crippen LogP contribution in [-0.2, 0) is 10.8 Å². The SMILES string of the molecule is Cc1ccc(C2(c3ccc4c(c3)c3ccccc3n4-c3ccccc3)c3ccccc3-c3cc(C#N)ccc32)cc1.[Be+2].[CH2-]c1cc2ccccc2cc1-c1[nH+]c2ccccc2s1.[O-]c1cc2ccccc2cc1-c1[nH+]c2ccccc2s1.c1ccc(-c2nc(-c3ccccc3)nc(-c3ccc4c(c3)C3(c5ccccc5-c5ccccc53)c3ccccc3-4)n2)cc1. The van der Waals surface area contributed by atoms with Crippen LogP contribution in [0.5, 0.6) is 5.75 Å². The minimum atomic E-state index is -0.516. The summed E-state index contributed by atoms with van der Waals surface area (Å²) >= 11 is 3.40. The average molecular weight is 1630 g/mol. The molecule has 25 rings (SSSR count). The van der Waals surface area contributed by atoms with Crippen molar-refractivity contribution < 1.29 is 15.1 Å². The van der Waals surface area contributed by atoms with Crippen molar-refractivity contribution in [2.45, 2.75) is 17.8 Å². The molecule has 0 amide bonds. The Hall–Kier alpha value is -15.6. The Balaban J connectivity index is 0.000000108. The Morgan fingerprint density at radius 2 is 0.768 bits per heavy atom. The Bertz CT molecular complexity index is 7670. The molecule has 1 unspecified atom stereocenters. The van der Waals surface area contributed by atoms with Crippen LogP contribution in [0.1, 0.15) is 61.2 Å². The molecular weight excluding hydrogens is 1560 g/mol. The number of thiazole rings is 2. The number of aromatic nitrogens is 6. The zero-order valence-electron chi connectivity index (χ0n) is 68.1. The molecule has 1 spiro atoms. The third kappa shape index (κ3) is 13.1. The monoisotopic (exact) mass is 1630 g/mol. The van der Waals surface area contributed by atoms with Crippen LogP contribution in [0.15, 0.2) is 413 Å². The van der Waals surface area contributed by atoms with Gasteiger partial charge in [-0.1, -0.05) is 367 Å². The van der Waals surface area contributed by atoms with Crippen LogP contribution in [0, 0.1) is 25.2 Å². The first-order chi connectivity index (χ1) is 61.1. The molecule has 0 saturated carbocycles. The molecule has 125 heavy (non-hydrogen) atoms. The summed E-state index contributed by atoms with van der Waals surface area (Å²) in [5.41, 5.74) is 30.3. The fraction of sp³-hybridized carbons (Fsp3) is 0.0263. The van der Waals surface area contributed by atoms with Crippen LogP contribution in [0.25, 0.3) is 158 Å². The van der Waals surface area contributed by atoms with Gasteiger partial charge in [-0.3, -0.25) is 0 Å². The zero-order chi connectivity index (χ0) is 83.0. The summed E-state index contributed by atoms with van der Waals surface area (Å²) in [6.45, 7) is 6.34. The van der Waals surface area contributed by atoms with Gasteiger partial charge in [-0.15, -0.1) is 0 Å². The molecule has 8 nitrogen and oxygen atoms in total. The molecule has 0 bridgehead atoms. The van der Waals surface area contributed by atoms with Crippen molar-refractivity contribution in [2.75, 3.05) is 0 Å². The molecule has 4 heterocycles. The summed E-state index contributed by atoms with van der Waals surface area (Å²) in [5, 5.41) is 31.2. The van der Waals surface area contributed by atoms with Crippen LogP contribution in [0.3, 0.4) is 0 Å². The maximum atomic E-state index is 12.3. The largest absolute Gasteiger partial charge is 2.00 e. The number of benzene rings is 18. The maximum Gasteiger partial charge on any atom is 2.00 e. The van der Waals surface area contributed by atoms with E-state index >= 15 is 0 Å². The normalized spacial score (nSPS) is 13.2. The maximum absolute atomic E-state index is 12.3. The summed E-state index contributed by atoms with van der Waals surface area (Å²) in [6.07, 6.45) is 0. The van der Waals surface area contributed by atoms with Gasteiger partial charge < -0.3 is 9.67 Å². The van der Waals surface area contributed by atoms with E-state index in [2.05, 4.69) is 350 Å². The van der Waals surface area contributed by atoms with E-state index < -0.39 is 10.8 Å². The molecule has 1 atom stereocenters. The Kier molecular flexibility index (Phi) is 19.5. The zero-order valence-corrected chi connectivity index (χ0v) is 69.8. The number of hydrogen-bond acceptors (Lipinski definition) is 7. The van der Waals surface area contributed by atoms with Crippen molar-refractivity contribution in [1.29, 1.82) is 5.26 Å². The van der Waals surface area contributed by atoms with Crippen LogP contribution < -0.4 is 15.1 Å².